The van der Waals surface area contributed by atoms with Crippen LogP contribution in [-0.4, -0.2) is 5.71 Å². The van der Waals surface area contributed by atoms with E-state index >= 15 is 0 Å². The standard InChI is InChI=1S/C15H29N/c1-2-3-4-5-6-7-10-14-11-8-9-12-15(16)13-14/h14,16H,2-13H2,1H3. The van der Waals surface area contributed by atoms with E-state index in [9.17, 15) is 0 Å². The molecule has 1 aliphatic rings. The summed E-state index contributed by atoms with van der Waals surface area (Å²) in [5, 5.41) is 7.83. The molecular formula is C15H29N. The molecule has 94 valence electrons. The van der Waals surface area contributed by atoms with Gasteiger partial charge in [0, 0.05) is 5.71 Å². The van der Waals surface area contributed by atoms with Crippen LogP contribution in [0.3, 0.4) is 0 Å². The van der Waals surface area contributed by atoms with Gasteiger partial charge in [-0.25, -0.2) is 0 Å². The zero-order valence-electron chi connectivity index (χ0n) is 11.1. The molecule has 0 radical (unpaired) electrons. The summed E-state index contributed by atoms with van der Waals surface area (Å²) in [4.78, 5) is 0. The lowest BCUT2D eigenvalue weighted by atomic mass is 9.93. The molecule has 1 fully saturated rings. The van der Waals surface area contributed by atoms with Crippen molar-refractivity contribution in [1.82, 2.24) is 0 Å². The second-order valence-electron chi connectivity index (χ2n) is 5.48. The van der Waals surface area contributed by atoms with E-state index in [0.29, 0.717) is 0 Å². The van der Waals surface area contributed by atoms with E-state index in [-0.39, 0.29) is 0 Å². The van der Waals surface area contributed by atoms with Gasteiger partial charge in [-0.15, -0.1) is 0 Å². The van der Waals surface area contributed by atoms with Crippen molar-refractivity contribution in [3.63, 3.8) is 0 Å². The molecule has 1 rings (SSSR count). The van der Waals surface area contributed by atoms with Crippen LogP contribution in [0.2, 0.25) is 0 Å². The van der Waals surface area contributed by atoms with E-state index in [2.05, 4.69) is 6.92 Å². The van der Waals surface area contributed by atoms with Gasteiger partial charge in [-0.3, -0.25) is 0 Å². The quantitative estimate of drug-likeness (QED) is 0.445. The van der Waals surface area contributed by atoms with Crippen LogP contribution in [0.1, 0.15) is 84.0 Å². The van der Waals surface area contributed by atoms with Gasteiger partial charge in [0.1, 0.15) is 0 Å². The minimum Gasteiger partial charge on any atom is -0.310 e. The van der Waals surface area contributed by atoms with Gasteiger partial charge in [0.25, 0.3) is 0 Å². The van der Waals surface area contributed by atoms with E-state index in [0.717, 1.165) is 24.5 Å². The maximum atomic E-state index is 7.83. The van der Waals surface area contributed by atoms with Crippen molar-refractivity contribution < 1.29 is 0 Å². The van der Waals surface area contributed by atoms with Gasteiger partial charge in [-0.2, -0.15) is 0 Å². The summed E-state index contributed by atoms with van der Waals surface area (Å²) in [5.74, 6) is 0.848. The molecule has 1 heteroatoms. The Bertz CT molecular complexity index is 186. The molecule has 1 aliphatic carbocycles. The fourth-order valence-electron chi connectivity index (χ4n) is 2.78. The van der Waals surface area contributed by atoms with Gasteiger partial charge in [-0.05, 0) is 25.2 Å². The molecule has 0 bridgehead atoms. The highest BCUT2D eigenvalue weighted by Gasteiger charge is 2.14. The van der Waals surface area contributed by atoms with Crippen LogP contribution in [0, 0.1) is 11.3 Å². The maximum absolute atomic E-state index is 7.83. The summed E-state index contributed by atoms with van der Waals surface area (Å²) >= 11 is 0. The number of unbranched alkanes of at least 4 members (excludes halogenated alkanes) is 5. The fraction of sp³-hybridized carbons (Fsp3) is 0.933. The third kappa shape index (κ3) is 6.30. The lowest BCUT2D eigenvalue weighted by molar-refractivity contribution is 0.431. The second-order valence-corrected chi connectivity index (χ2v) is 5.48. The lowest BCUT2D eigenvalue weighted by Gasteiger charge is -2.13. The Hall–Kier alpha value is -0.330. The molecule has 1 atom stereocenters. The molecule has 16 heavy (non-hydrogen) atoms. The van der Waals surface area contributed by atoms with Gasteiger partial charge in [-0.1, -0.05) is 64.7 Å². The van der Waals surface area contributed by atoms with Crippen LogP contribution in [0.4, 0.5) is 0 Å². The lowest BCUT2D eigenvalue weighted by Crippen LogP contribution is -2.04. The zero-order valence-corrected chi connectivity index (χ0v) is 11.1. The smallest absolute Gasteiger partial charge is 0.00919 e. The van der Waals surface area contributed by atoms with Gasteiger partial charge >= 0.3 is 0 Å². The highest BCUT2D eigenvalue weighted by Crippen LogP contribution is 2.25. The summed E-state index contributed by atoms with van der Waals surface area (Å²) in [5.41, 5.74) is 1.02. The summed E-state index contributed by atoms with van der Waals surface area (Å²) < 4.78 is 0. The zero-order chi connectivity index (χ0) is 11.6. The average Bonchev–Trinajstić information content (AvgIpc) is 2.48. The van der Waals surface area contributed by atoms with Crippen molar-refractivity contribution in [2.24, 2.45) is 5.92 Å². The van der Waals surface area contributed by atoms with Gasteiger partial charge in [0.15, 0.2) is 0 Å². The normalized spacial score (nSPS) is 22.1. The number of rotatable bonds is 7. The van der Waals surface area contributed by atoms with E-state index in [4.69, 9.17) is 5.41 Å². The maximum Gasteiger partial charge on any atom is 0.00919 e. The molecule has 1 saturated carbocycles. The van der Waals surface area contributed by atoms with E-state index < -0.39 is 0 Å². The predicted molar refractivity (Wildman–Crippen MR) is 72.3 cm³/mol. The molecule has 0 aromatic rings. The molecule has 0 heterocycles. The SMILES string of the molecule is CCCCCCCCC1CCCCC(=N)C1. The van der Waals surface area contributed by atoms with Crippen LogP contribution < -0.4 is 0 Å². The van der Waals surface area contributed by atoms with Crippen molar-refractivity contribution in [2.75, 3.05) is 0 Å². The van der Waals surface area contributed by atoms with E-state index in [1.807, 2.05) is 0 Å². The molecule has 0 aliphatic heterocycles. The van der Waals surface area contributed by atoms with Crippen molar-refractivity contribution >= 4 is 5.71 Å². The molecule has 1 N–H and O–H groups in total. The van der Waals surface area contributed by atoms with Crippen LogP contribution >= 0.6 is 0 Å². The predicted octanol–water partition coefficient (Wildman–Crippen LogP) is 5.34. The Balaban J connectivity index is 2.00. The molecular weight excluding hydrogens is 194 g/mol. The van der Waals surface area contributed by atoms with E-state index in [1.54, 1.807) is 0 Å². The molecule has 1 unspecified atom stereocenters. The van der Waals surface area contributed by atoms with Gasteiger partial charge in [0.2, 0.25) is 0 Å². The van der Waals surface area contributed by atoms with Crippen molar-refractivity contribution in [1.29, 1.82) is 5.41 Å². The topological polar surface area (TPSA) is 23.9 Å². The monoisotopic (exact) mass is 223 g/mol. The second kappa shape index (κ2) is 8.78. The third-order valence-electron chi connectivity index (χ3n) is 3.84. The van der Waals surface area contributed by atoms with Crippen molar-refractivity contribution in [3.05, 3.63) is 0 Å². The van der Waals surface area contributed by atoms with Crippen LogP contribution in [0.25, 0.3) is 0 Å². The molecule has 0 aromatic carbocycles. The molecule has 0 spiro atoms. The summed E-state index contributed by atoms with van der Waals surface area (Å²) in [6.45, 7) is 2.27. The van der Waals surface area contributed by atoms with Crippen molar-refractivity contribution in [3.8, 4) is 0 Å². The summed E-state index contributed by atoms with van der Waals surface area (Å²) in [7, 11) is 0. The van der Waals surface area contributed by atoms with Gasteiger partial charge in [0.05, 0.1) is 0 Å². The third-order valence-corrected chi connectivity index (χ3v) is 3.84. The Morgan fingerprint density at radius 3 is 2.62 bits per heavy atom. The summed E-state index contributed by atoms with van der Waals surface area (Å²) in [6, 6.07) is 0. The van der Waals surface area contributed by atoms with E-state index in [1.165, 1.54) is 64.2 Å². The highest BCUT2D eigenvalue weighted by atomic mass is 14.4. The Morgan fingerprint density at radius 1 is 1.06 bits per heavy atom. The number of nitrogens with one attached hydrogen (secondary N) is 1. The number of hydrogen-bond acceptors (Lipinski definition) is 1. The average molecular weight is 223 g/mol. The highest BCUT2D eigenvalue weighted by molar-refractivity contribution is 5.81. The van der Waals surface area contributed by atoms with Crippen molar-refractivity contribution in [2.45, 2.75) is 84.0 Å². The Kier molecular flexibility index (Phi) is 7.54. The van der Waals surface area contributed by atoms with Crippen LogP contribution in [-0.2, 0) is 0 Å². The number of hydrogen-bond donors (Lipinski definition) is 1. The molecule has 0 amide bonds. The minimum absolute atomic E-state index is 0.848. The molecule has 1 nitrogen and oxygen atoms in total. The summed E-state index contributed by atoms with van der Waals surface area (Å²) in [6.07, 6.45) is 16.0. The minimum atomic E-state index is 0.848. The van der Waals surface area contributed by atoms with Crippen LogP contribution in [0.15, 0.2) is 0 Å². The molecule has 0 saturated heterocycles. The Morgan fingerprint density at radius 2 is 1.81 bits per heavy atom. The first kappa shape index (κ1) is 13.7. The first-order valence-corrected chi connectivity index (χ1v) is 7.39. The molecule has 0 aromatic heterocycles. The first-order valence-electron chi connectivity index (χ1n) is 7.39. The first-order chi connectivity index (χ1) is 7.83. The fourth-order valence-corrected chi connectivity index (χ4v) is 2.78. The largest absolute Gasteiger partial charge is 0.310 e. The van der Waals surface area contributed by atoms with Crippen LogP contribution in [0.5, 0.6) is 0 Å². The Labute approximate surface area is 102 Å². The van der Waals surface area contributed by atoms with Gasteiger partial charge < -0.3 is 5.41 Å².